The van der Waals surface area contributed by atoms with Gasteiger partial charge in [0.05, 0.1) is 12.1 Å². The highest BCUT2D eigenvalue weighted by Gasteiger charge is 2.24. The molecule has 5 heteroatoms. The summed E-state index contributed by atoms with van der Waals surface area (Å²) in [5.41, 5.74) is 0. The van der Waals surface area contributed by atoms with Crippen molar-refractivity contribution in [3.8, 4) is 0 Å². The van der Waals surface area contributed by atoms with E-state index in [4.69, 9.17) is 0 Å². The molecule has 0 spiro atoms. The fourth-order valence-corrected chi connectivity index (χ4v) is 2.50. The van der Waals surface area contributed by atoms with Crippen LogP contribution in [-0.4, -0.2) is 35.9 Å². The van der Waals surface area contributed by atoms with Gasteiger partial charge in [-0.3, -0.25) is 10.1 Å². The second-order valence-electron chi connectivity index (χ2n) is 5.17. The Balaban J connectivity index is 2.69. The van der Waals surface area contributed by atoms with Crippen LogP contribution < -0.4 is 5.32 Å². The van der Waals surface area contributed by atoms with Gasteiger partial charge in [0.1, 0.15) is 5.01 Å². The number of hydrogen-bond acceptors (Lipinski definition) is 4. The Morgan fingerprint density at radius 3 is 2.56 bits per heavy atom. The summed E-state index contributed by atoms with van der Waals surface area (Å²) in [4.78, 5) is 18.1. The minimum Gasteiger partial charge on any atom is -0.347 e. The molecule has 4 nitrogen and oxygen atoms in total. The number of amides is 1. The standard InChI is InChI=1S/C13H23N3OS/c1-9(2)8-11(13(17)16(4)5)15-10(3)12-14-6-7-18-12/h6-7,9-11,15H,8H2,1-5H3. The molecule has 0 fully saturated rings. The third-order valence-electron chi connectivity index (χ3n) is 2.72. The van der Waals surface area contributed by atoms with Crippen molar-refractivity contribution in [2.24, 2.45) is 5.92 Å². The van der Waals surface area contributed by atoms with Gasteiger partial charge in [0.15, 0.2) is 0 Å². The molecule has 1 aromatic rings. The number of nitrogens with zero attached hydrogens (tertiary/aromatic N) is 2. The number of carbonyl (C=O) groups is 1. The molecule has 0 aliphatic heterocycles. The fourth-order valence-electron chi connectivity index (χ4n) is 1.84. The third-order valence-corrected chi connectivity index (χ3v) is 3.68. The van der Waals surface area contributed by atoms with E-state index < -0.39 is 0 Å². The summed E-state index contributed by atoms with van der Waals surface area (Å²) in [5.74, 6) is 0.613. The van der Waals surface area contributed by atoms with Crippen LogP contribution in [0, 0.1) is 5.92 Å². The van der Waals surface area contributed by atoms with Crippen molar-refractivity contribution in [1.29, 1.82) is 0 Å². The molecule has 0 aromatic carbocycles. The highest BCUT2D eigenvalue weighted by Crippen LogP contribution is 2.17. The Labute approximate surface area is 113 Å². The number of rotatable bonds is 6. The largest absolute Gasteiger partial charge is 0.347 e. The maximum Gasteiger partial charge on any atom is 0.239 e. The van der Waals surface area contributed by atoms with E-state index in [2.05, 4.69) is 31.1 Å². The summed E-state index contributed by atoms with van der Waals surface area (Å²) >= 11 is 1.61. The molecule has 0 aliphatic carbocycles. The molecule has 0 bridgehead atoms. The zero-order valence-corrected chi connectivity index (χ0v) is 12.6. The Hall–Kier alpha value is -0.940. The molecule has 102 valence electrons. The van der Waals surface area contributed by atoms with E-state index in [9.17, 15) is 4.79 Å². The lowest BCUT2D eigenvalue weighted by molar-refractivity contribution is -0.131. The van der Waals surface area contributed by atoms with Crippen LogP contribution in [0.1, 0.15) is 38.2 Å². The first-order chi connectivity index (χ1) is 8.41. The molecular formula is C13H23N3OS. The second-order valence-corrected chi connectivity index (χ2v) is 6.10. The van der Waals surface area contributed by atoms with E-state index in [0.29, 0.717) is 5.92 Å². The fraction of sp³-hybridized carbons (Fsp3) is 0.692. The van der Waals surface area contributed by atoms with Crippen molar-refractivity contribution in [2.75, 3.05) is 14.1 Å². The van der Waals surface area contributed by atoms with Crippen molar-refractivity contribution >= 4 is 17.2 Å². The Kier molecular flexibility index (Phi) is 5.75. The normalized spacial score (nSPS) is 14.6. The van der Waals surface area contributed by atoms with E-state index in [1.54, 1.807) is 36.5 Å². The molecule has 0 saturated carbocycles. The van der Waals surface area contributed by atoms with E-state index in [0.717, 1.165) is 11.4 Å². The van der Waals surface area contributed by atoms with Gasteiger partial charge in [-0.25, -0.2) is 4.98 Å². The predicted molar refractivity (Wildman–Crippen MR) is 75.6 cm³/mol. The Morgan fingerprint density at radius 2 is 2.11 bits per heavy atom. The molecule has 0 saturated heterocycles. The van der Waals surface area contributed by atoms with Crippen LogP contribution in [0.2, 0.25) is 0 Å². The monoisotopic (exact) mass is 269 g/mol. The highest BCUT2D eigenvalue weighted by molar-refractivity contribution is 7.09. The first-order valence-electron chi connectivity index (χ1n) is 6.28. The van der Waals surface area contributed by atoms with Gasteiger partial charge in [0.25, 0.3) is 0 Å². The summed E-state index contributed by atoms with van der Waals surface area (Å²) in [5, 5.41) is 6.37. The zero-order chi connectivity index (χ0) is 13.7. The van der Waals surface area contributed by atoms with E-state index >= 15 is 0 Å². The number of aromatic nitrogens is 1. The highest BCUT2D eigenvalue weighted by atomic mass is 32.1. The van der Waals surface area contributed by atoms with Gasteiger partial charge in [-0.1, -0.05) is 13.8 Å². The van der Waals surface area contributed by atoms with Gasteiger partial charge in [-0.05, 0) is 19.3 Å². The molecular weight excluding hydrogens is 246 g/mol. The smallest absolute Gasteiger partial charge is 0.239 e. The van der Waals surface area contributed by atoms with Gasteiger partial charge in [-0.2, -0.15) is 0 Å². The van der Waals surface area contributed by atoms with Crippen LogP contribution >= 0.6 is 11.3 Å². The molecule has 0 radical (unpaired) electrons. The molecule has 1 N–H and O–H groups in total. The maximum atomic E-state index is 12.1. The van der Waals surface area contributed by atoms with Gasteiger partial charge < -0.3 is 4.90 Å². The van der Waals surface area contributed by atoms with Crippen LogP contribution in [0.5, 0.6) is 0 Å². The number of carbonyl (C=O) groups excluding carboxylic acids is 1. The van der Waals surface area contributed by atoms with Gasteiger partial charge >= 0.3 is 0 Å². The molecule has 2 atom stereocenters. The van der Waals surface area contributed by atoms with E-state index in [1.807, 2.05) is 5.38 Å². The molecule has 1 amide bonds. The maximum absolute atomic E-state index is 12.1. The van der Waals surface area contributed by atoms with Crippen LogP contribution in [-0.2, 0) is 4.79 Å². The zero-order valence-electron chi connectivity index (χ0n) is 11.8. The lowest BCUT2D eigenvalue weighted by Crippen LogP contribution is -2.45. The summed E-state index contributed by atoms with van der Waals surface area (Å²) < 4.78 is 0. The van der Waals surface area contributed by atoms with Gasteiger partial charge in [-0.15, -0.1) is 11.3 Å². The van der Waals surface area contributed by atoms with Crippen LogP contribution in [0.15, 0.2) is 11.6 Å². The minimum atomic E-state index is -0.140. The van der Waals surface area contributed by atoms with Gasteiger partial charge in [0.2, 0.25) is 5.91 Å². The number of likely N-dealkylation sites (N-methyl/N-ethyl adjacent to an activating group) is 1. The molecule has 2 unspecified atom stereocenters. The molecule has 18 heavy (non-hydrogen) atoms. The topological polar surface area (TPSA) is 45.2 Å². The molecule has 1 heterocycles. The first kappa shape index (κ1) is 15.1. The number of thiazole rings is 1. The molecule has 0 aliphatic rings. The van der Waals surface area contributed by atoms with Crippen LogP contribution in [0.3, 0.4) is 0 Å². The van der Waals surface area contributed by atoms with Crippen molar-refractivity contribution < 1.29 is 4.79 Å². The average Bonchev–Trinajstić information content (AvgIpc) is 2.79. The van der Waals surface area contributed by atoms with Crippen LogP contribution in [0.25, 0.3) is 0 Å². The SMILES string of the molecule is CC(C)CC(NC(C)c1nccs1)C(=O)N(C)C. The van der Waals surface area contributed by atoms with Crippen LogP contribution in [0.4, 0.5) is 0 Å². The van der Waals surface area contributed by atoms with Crippen molar-refractivity contribution in [2.45, 2.75) is 39.3 Å². The summed E-state index contributed by atoms with van der Waals surface area (Å²) in [6, 6.07) is -0.0310. The number of hydrogen-bond donors (Lipinski definition) is 1. The minimum absolute atomic E-state index is 0.109. The molecule has 1 aromatic heterocycles. The summed E-state index contributed by atoms with van der Waals surface area (Å²) in [6.07, 6.45) is 2.64. The van der Waals surface area contributed by atoms with E-state index in [-0.39, 0.29) is 18.0 Å². The van der Waals surface area contributed by atoms with Gasteiger partial charge in [0, 0.05) is 25.7 Å². The Morgan fingerprint density at radius 1 is 1.44 bits per heavy atom. The summed E-state index contributed by atoms with van der Waals surface area (Å²) in [7, 11) is 3.59. The van der Waals surface area contributed by atoms with Crippen molar-refractivity contribution in [1.82, 2.24) is 15.2 Å². The quantitative estimate of drug-likeness (QED) is 0.862. The lowest BCUT2D eigenvalue weighted by Gasteiger charge is -2.25. The Bertz CT molecular complexity index is 362. The lowest BCUT2D eigenvalue weighted by atomic mass is 10.0. The molecule has 1 rings (SSSR count). The third kappa shape index (κ3) is 4.38. The summed E-state index contributed by atoms with van der Waals surface area (Å²) in [6.45, 7) is 6.31. The van der Waals surface area contributed by atoms with E-state index in [1.165, 1.54) is 0 Å². The number of nitrogens with one attached hydrogen (secondary N) is 1. The average molecular weight is 269 g/mol. The predicted octanol–water partition coefficient (Wildman–Crippen LogP) is 2.30. The van der Waals surface area contributed by atoms with Crippen molar-refractivity contribution in [3.05, 3.63) is 16.6 Å². The first-order valence-corrected chi connectivity index (χ1v) is 7.16. The second kappa shape index (κ2) is 6.85. The van der Waals surface area contributed by atoms with Crippen molar-refractivity contribution in [3.63, 3.8) is 0 Å².